The maximum atomic E-state index is 13.5. The molecule has 3 rings (SSSR count). The number of carbonyl (C=O) groups excluding carboxylic acids is 1. The molecule has 0 N–H and O–H groups in total. The maximum absolute atomic E-state index is 13.5. The van der Waals surface area contributed by atoms with Crippen LogP contribution in [0.4, 0.5) is 4.39 Å². The molecule has 0 fully saturated rings. The Morgan fingerprint density at radius 2 is 2.14 bits per heavy atom. The normalized spacial score (nSPS) is 15.4. The Morgan fingerprint density at radius 3 is 2.95 bits per heavy atom. The molecule has 2 heterocycles. The average molecular weight is 337 g/mol. The Morgan fingerprint density at radius 1 is 1.32 bits per heavy atom. The van der Waals surface area contributed by atoms with E-state index in [4.69, 9.17) is 0 Å². The molecule has 2 aromatic rings. The summed E-state index contributed by atoms with van der Waals surface area (Å²) in [5, 5.41) is 2.04. The number of hydrogen-bond acceptors (Lipinski definition) is 3. The van der Waals surface area contributed by atoms with Gasteiger partial charge in [-0.25, -0.2) is 4.39 Å². The van der Waals surface area contributed by atoms with Crippen molar-refractivity contribution in [3.63, 3.8) is 0 Å². The molecule has 3 nitrogen and oxygen atoms in total. The highest BCUT2D eigenvalue weighted by Crippen LogP contribution is 2.24. The first-order valence-electron chi connectivity index (χ1n) is 7.05. The number of carbonyl (C=O) groups is 1. The van der Waals surface area contributed by atoms with E-state index in [-0.39, 0.29) is 23.2 Å². The molecule has 0 saturated heterocycles. The Labute approximate surface area is 135 Å². The van der Waals surface area contributed by atoms with Gasteiger partial charge in [-0.1, -0.05) is 18.2 Å². The first-order chi connectivity index (χ1) is 10.6. The first-order valence-corrected chi connectivity index (χ1v) is 9.41. The van der Waals surface area contributed by atoms with E-state index < -0.39 is 10.8 Å². The topological polar surface area (TPSA) is 37.4 Å². The molecule has 0 bridgehead atoms. The fourth-order valence-electron chi connectivity index (χ4n) is 2.53. The summed E-state index contributed by atoms with van der Waals surface area (Å²) in [4.78, 5) is 15.3. The Bertz CT molecular complexity index is 714. The smallest absolute Gasteiger partial charge is 0.235 e. The Hall–Kier alpha value is -1.53. The Kier molecular flexibility index (Phi) is 4.69. The minimum atomic E-state index is -1.39. The van der Waals surface area contributed by atoms with Crippen molar-refractivity contribution >= 4 is 28.0 Å². The number of rotatable bonds is 4. The summed E-state index contributed by atoms with van der Waals surface area (Å²) in [5.41, 5.74) is 1.58. The van der Waals surface area contributed by atoms with Crippen molar-refractivity contribution in [1.82, 2.24) is 4.90 Å². The molecule has 1 atom stereocenters. The largest absolute Gasteiger partial charge is 0.337 e. The van der Waals surface area contributed by atoms with Gasteiger partial charge < -0.3 is 4.90 Å². The quantitative estimate of drug-likeness (QED) is 0.860. The lowest BCUT2D eigenvalue weighted by atomic mass is 10.1. The molecular formula is C16H16FNO2S2. The molecule has 0 saturated carbocycles. The predicted molar refractivity (Wildman–Crippen MR) is 86.6 cm³/mol. The SMILES string of the molecule is O=C(C[S@](=O)Cc1ccccc1F)N1CCc2sccc2C1. The van der Waals surface area contributed by atoms with Crippen molar-refractivity contribution in [3.8, 4) is 0 Å². The minimum absolute atomic E-state index is 0.0478. The van der Waals surface area contributed by atoms with Crippen molar-refractivity contribution in [1.29, 1.82) is 0 Å². The van der Waals surface area contributed by atoms with Crippen molar-refractivity contribution in [2.45, 2.75) is 18.7 Å². The van der Waals surface area contributed by atoms with Gasteiger partial charge in [0.1, 0.15) is 11.6 Å². The minimum Gasteiger partial charge on any atom is -0.337 e. The zero-order valence-electron chi connectivity index (χ0n) is 12.0. The van der Waals surface area contributed by atoms with Gasteiger partial charge in [0.05, 0.1) is 5.75 Å². The summed E-state index contributed by atoms with van der Waals surface area (Å²) in [5.74, 6) is -0.459. The second-order valence-electron chi connectivity index (χ2n) is 5.25. The van der Waals surface area contributed by atoms with Crippen LogP contribution in [0.2, 0.25) is 0 Å². The fourth-order valence-corrected chi connectivity index (χ4v) is 4.56. The van der Waals surface area contributed by atoms with Crippen LogP contribution in [-0.2, 0) is 34.3 Å². The lowest BCUT2D eigenvalue weighted by Gasteiger charge is -2.26. The average Bonchev–Trinajstić information content (AvgIpc) is 2.97. The van der Waals surface area contributed by atoms with Crippen LogP contribution in [-0.4, -0.2) is 27.3 Å². The summed E-state index contributed by atoms with van der Waals surface area (Å²) in [6, 6.07) is 8.29. The van der Waals surface area contributed by atoms with Crippen molar-refractivity contribution < 1.29 is 13.4 Å². The summed E-state index contributed by atoms with van der Waals surface area (Å²) in [7, 11) is -1.39. The van der Waals surface area contributed by atoms with E-state index in [0.717, 1.165) is 6.42 Å². The predicted octanol–water partition coefficient (Wildman–Crippen LogP) is 2.72. The van der Waals surface area contributed by atoms with Gasteiger partial charge in [0.25, 0.3) is 0 Å². The van der Waals surface area contributed by atoms with Crippen molar-refractivity contribution in [2.75, 3.05) is 12.3 Å². The van der Waals surface area contributed by atoms with Crippen molar-refractivity contribution in [2.24, 2.45) is 0 Å². The first kappa shape index (κ1) is 15.4. The van der Waals surface area contributed by atoms with E-state index in [1.165, 1.54) is 16.5 Å². The maximum Gasteiger partial charge on any atom is 0.235 e. The molecule has 1 aromatic heterocycles. The molecule has 1 aliphatic rings. The van der Waals surface area contributed by atoms with Gasteiger partial charge in [0, 0.05) is 34.3 Å². The molecule has 1 aliphatic heterocycles. The van der Waals surface area contributed by atoms with Gasteiger partial charge in [-0.3, -0.25) is 9.00 Å². The van der Waals surface area contributed by atoms with Crippen LogP contribution in [0.1, 0.15) is 16.0 Å². The molecule has 0 aliphatic carbocycles. The lowest BCUT2D eigenvalue weighted by molar-refractivity contribution is -0.129. The zero-order chi connectivity index (χ0) is 15.5. The molecular weight excluding hydrogens is 321 g/mol. The van der Waals surface area contributed by atoms with E-state index in [9.17, 15) is 13.4 Å². The van der Waals surface area contributed by atoms with E-state index in [2.05, 4.69) is 0 Å². The number of thiophene rings is 1. The summed E-state index contributed by atoms with van der Waals surface area (Å²) < 4.78 is 25.7. The number of fused-ring (bicyclic) bond motifs is 1. The molecule has 1 amide bonds. The van der Waals surface area contributed by atoms with E-state index in [1.807, 2.05) is 11.4 Å². The molecule has 0 radical (unpaired) electrons. The zero-order valence-corrected chi connectivity index (χ0v) is 13.6. The third-order valence-electron chi connectivity index (χ3n) is 3.72. The van der Waals surface area contributed by atoms with Gasteiger partial charge in [-0.15, -0.1) is 11.3 Å². The van der Waals surface area contributed by atoms with Crippen LogP contribution < -0.4 is 0 Å². The fraction of sp³-hybridized carbons (Fsp3) is 0.312. The van der Waals surface area contributed by atoms with Gasteiger partial charge in [0.15, 0.2) is 0 Å². The van der Waals surface area contributed by atoms with Crippen LogP contribution >= 0.6 is 11.3 Å². The third-order valence-corrected chi connectivity index (χ3v) is 5.94. The van der Waals surface area contributed by atoms with E-state index in [0.29, 0.717) is 18.7 Å². The summed E-state index contributed by atoms with van der Waals surface area (Å²) in [6.45, 7) is 1.26. The van der Waals surface area contributed by atoms with Crippen LogP contribution in [0.3, 0.4) is 0 Å². The van der Waals surface area contributed by atoms with Gasteiger partial charge in [-0.05, 0) is 29.5 Å². The standard InChI is InChI=1S/C16H16FNO2S2/c17-14-4-2-1-3-13(14)10-22(20)11-16(19)18-7-5-15-12(9-18)6-8-21-15/h1-4,6,8H,5,7,9-11H2/t22-/m1/s1. The molecule has 0 spiro atoms. The van der Waals surface area contributed by atoms with Crippen LogP contribution in [0.25, 0.3) is 0 Å². The monoisotopic (exact) mass is 337 g/mol. The number of nitrogens with zero attached hydrogens (tertiary/aromatic N) is 1. The third kappa shape index (κ3) is 3.44. The second kappa shape index (κ2) is 6.71. The number of benzene rings is 1. The molecule has 1 aromatic carbocycles. The van der Waals surface area contributed by atoms with Gasteiger partial charge >= 0.3 is 0 Å². The van der Waals surface area contributed by atoms with E-state index in [1.54, 1.807) is 34.4 Å². The lowest BCUT2D eigenvalue weighted by Crippen LogP contribution is -2.38. The second-order valence-corrected chi connectivity index (χ2v) is 7.71. The van der Waals surface area contributed by atoms with Crippen LogP contribution in [0, 0.1) is 5.82 Å². The molecule has 22 heavy (non-hydrogen) atoms. The van der Waals surface area contributed by atoms with Crippen molar-refractivity contribution in [3.05, 3.63) is 57.5 Å². The number of halogens is 1. The molecule has 6 heteroatoms. The summed E-state index contributed by atoms with van der Waals surface area (Å²) in [6.07, 6.45) is 0.860. The van der Waals surface area contributed by atoms with Gasteiger partial charge in [-0.2, -0.15) is 0 Å². The highest BCUT2D eigenvalue weighted by atomic mass is 32.2. The molecule has 116 valence electrons. The number of hydrogen-bond donors (Lipinski definition) is 0. The van der Waals surface area contributed by atoms with E-state index >= 15 is 0 Å². The summed E-state index contributed by atoms with van der Waals surface area (Å²) >= 11 is 1.72. The van der Waals surface area contributed by atoms with Crippen LogP contribution in [0.15, 0.2) is 35.7 Å². The van der Waals surface area contributed by atoms with Gasteiger partial charge in [0.2, 0.25) is 5.91 Å². The Balaban J connectivity index is 1.58. The highest BCUT2D eigenvalue weighted by Gasteiger charge is 2.22. The molecule has 0 unspecified atom stereocenters. The highest BCUT2D eigenvalue weighted by molar-refractivity contribution is 7.84. The van der Waals surface area contributed by atoms with Crippen LogP contribution in [0.5, 0.6) is 0 Å². The number of amides is 1.